The number of halogens is 3. The quantitative estimate of drug-likeness (QED) is 0.839. The predicted octanol–water partition coefficient (Wildman–Crippen LogP) is 2.38. The zero-order valence-electron chi connectivity index (χ0n) is 12.9. The highest BCUT2D eigenvalue weighted by molar-refractivity contribution is 6.30. The van der Waals surface area contributed by atoms with Crippen LogP contribution in [0.15, 0.2) is 18.2 Å². The maximum atomic E-state index is 12.0. The van der Waals surface area contributed by atoms with E-state index in [1.54, 1.807) is 7.11 Å². The molecule has 1 amide bonds. The predicted molar refractivity (Wildman–Crippen MR) is 97.4 cm³/mol. The molecule has 2 fully saturated rings. The van der Waals surface area contributed by atoms with E-state index >= 15 is 0 Å². The molecule has 1 aliphatic heterocycles. The Morgan fingerprint density at radius 2 is 2.13 bits per heavy atom. The van der Waals surface area contributed by atoms with Gasteiger partial charge in [-0.05, 0) is 37.5 Å². The van der Waals surface area contributed by atoms with Crippen LogP contribution < -0.4 is 20.7 Å². The van der Waals surface area contributed by atoms with E-state index in [1.165, 1.54) is 0 Å². The monoisotopic (exact) mass is 381 g/mol. The minimum Gasteiger partial charge on any atom is -0.495 e. The molecule has 1 aliphatic carbocycles. The summed E-state index contributed by atoms with van der Waals surface area (Å²) < 4.78 is 5.39. The van der Waals surface area contributed by atoms with Crippen LogP contribution in [0.3, 0.4) is 0 Å². The number of amides is 1. The molecule has 2 aliphatic rings. The molecule has 3 rings (SSSR count). The summed E-state index contributed by atoms with van der Waals surface area (Å²) in [6.07, 6.45) is 2.48. The van der Waals surface area contributed by atoms with Gasteiger partial charge >= 0.3 is 0 Å². The molecule has 1 aromatic rings. The number of rotatable bonds is 4. The summed E-state index contributed by atoms with van der Waals surface area (Å²) in [6, 6.07) is 5.70. The molecule has 1 saturated heterocycles. The van der Waals surface area contributed by atoms with Crippen molar-refractivity contribution < 1.29 is 9.53 Å². The second-order valence-electron chi connectivity index (χ2n) is 5.88. The van der Waals surface area contributed by atoms with Crippen molar-refractivity contribution >= 4 is 48.0 Å². The number of ether oxygens (including phenoxy) is 1. The summed E-state index contributed by atoms with van der Waals surface area (Å²) in [5.41, 5.74) is 6.27. The minimum atomic E-state index is -0.610. The number of carbonyl (C=O) groups excluding carboxylic acids is 1. The molecule has 1 saturated carbocycles. The Morgan fingerprint density at radius 1 is 1.43 bits per heavy atom. The first kappa shape index (κ1) is 20.2. The largest absolute Gasteiger partial charge is 0.495 e. The lowest BCUT2D eigenvalue weighted by Crippen LogP contribution is -2.47. The molecule has 0 radical (unpaired) electrons. The number of benzene rings is 1. The topological polar surface area (TPSA) is 67.6 Å². The van der Waals surface area contributed by atoms with Crippen molar-refractivity contribution in [1.29, 1.82) is 0 Å². The van der Waals surface area contributed by atoms with Crippen molar-refractivity contribution in [3.05, 3.63) is 23.2 Å². The standard InChI is InChI=1S/C15H20ClN3O2.2ClH/c1-21-13-3-2-10(16)8-12(13)19-7-4-11(9-19)18-14(20)15(17)5-6-15;;/h2-3,8,11H,4-7,9,17H2,1H3,(H,18,20);2*1H. The first-order valence-corrected chi connectivity index (χ1v) is 7.58. The van der Waals surface area contributed by atoms with E-state index in [1.807, 2.05) is 18.2 Å². The fourth-order valence-electron chi connectivity index (χ4n) is 2.70. The average Bonchev–Trinajstić information content (AvgIpc) is 3.06. The van der Waals surface area contributed by atoms with Crippen LogP contribution in [0, 0.1) is 0 Å². The van der Waals surface area contributed by atoms with Gasteiger partial charge in [0.25, 0.3) is 0 Å². The second-order valence-corrected chi connectivity index (χ2v) is 6.31. The van der Waals surface area contributed by atoms with Crippen molar-refractivity contribution in [1.82, 2.24) is 5.32 Å². The summed E-state index contributed by atoms with van der Waals surface area (Å²) in [7, 11) is 1.65. The Balaban J connectivity index is 0.00000132. The number of anilines is 1. The van der Waals surface area contributed by atoms with Gasteiger partial charge in [-0.15, -0.1) is 24.8 Å². The van der Waals surface area contributed by atoms with Crippen molar-refractivity contribution in [2.24, 2.45) is 5.73 Å². The Hall–Kier alpha value is -0.880. The van der Waals surface area contributed by atoms with Crippen LogP contribution in [0.2, 0.25) is 5.02 Å². The minimum absolute atomic E-state index is 0. The van der Waals surface area contributed by atoms with Gasteiger partial charge in [-0.25, -0.2) is 0 Å². The third kappa shape index (κ3) is 4.35. The highest BCUT2D eigenvalue weighted by Gasteiger charge is 2.46. The van der Waals surface area contributed by atoms with Gasteiger partial charge in [0.05, 0.1) is 18.3 Å². The van der Waals surface area contributed by atoms with E-state index in [4.69, 9.17) is 22.1 Å². The van der Waals surface area contributed by atoms with E-state index in [2.05, 4.69) is 10.2 Å². The van der Waals surface area contributed by atoms with Crippen LogP contribution >= 0.6 is 36.4 Å². The van der Waals surface area contributed by atoms with E-state index in [0.29, 0.717) is 5.02 Å². The highest BCUT2D eigenvalue weighted by atomic mass is 35.5. The highest BCUT2D eigenvalue weighted by Crippen LogP contribution is 2.35. The van der Waals surface area contributed by atoms with Crippen molar-refractivity contribution in [3.63, 3.8) is 0 Å². The fourth-order valence-corrected chi connectivity index (χ4v) is 2.86. The smallest absolute Gasteiger partial charge is 0.240 e. The van der Waals surface area contributed by atoms with Gasteiger partial charge in [0, 0.05) is 24.2 Å². The molecule has 5 nitrogen and oxygen atoms in total. The lowest BCUT2D eigenvalue weighted by molar-refractivity contribution is -0.123. The SMILES string of the molecule is COc1ccc(Cl)cc1N1CCC(NC(=O)C2(N)CC2)C1.Cl.Cl. The molecule has 0 aromatic heterocycles. The van der Waals surface area contributed by atoms with Crippen LogP contribution in [0.25, 0.3) is 0 Å². The van der Waals surface area contributed by atoms with Crippen LogP contribution in [-0.4, -0.2) is 37.7 Å². The maximum Gasteiger partial charge on any atom is 0.240 e. The van der Waals surface area contributed by atoms with Gasteiger partial charge in [0.15, 0.2) is 0 Å². The Morgan fingerprint density at radius 3 is 2.74 bits per heavy atom. The van der Waals surface area contributed by atoms with Crippen LogP contribution in [0.5, 0.6) is 5.75 Å². The van der Waals surface area contributed by atoms with Gasteiger partial charge in [-0.2, -0.15) is 0 Å². The lowest BCUT2D eigenvalue weighted by Gasteiger charge is -2.22. The van der Waals surface area contributed by atoms with Crippen LogP contribution in [-0.2, 0) is 4.79 Å². The molecule has 1 atom stereocenters. The first-order chi connectivity index (χ1) is 10.0. The van der Waals surface area contributed by atoms with Gasteiger partial charge in [0.1, 0.15) is 5.75 Å². The van der Waals surface area contributed by atoms with Crippen LogP contribution in [0.4, 0.5) is 5.69 Å². The van der Waals surface area contributed by atoms with E-state index in [-0.39, 0.29) is 36.8 Å². The summed E-state index contributed by atoms with van der Waals surface area (Å²) in [5, 5.41) is 3.73. The summed E-state index contributed by atoms with van der Waals surface area (Å²) in [4.78, 5) is 14.2. The van der Waals surface area contributed by atoms with Crippen molar-refractivity contribution in [2.45, 2.75) is 30.8 Å². The van der Waals surface area contributed by atoms with Gasteiger partial charge < -0.3 is 20.7 Å². The number of nitrogens with zero attached hydrogens (tertiary/aromatic N) is 1. The fraction of sp³-hybridized carbons (Fsp3) is 0.533. The van der Waals surface area contributed by atoms with Gasteiger partial charge in [-0.1, -0.05) is 11.6 Å². The van der Waals surface area contributed by atoms with E-state index in [0.717, 1.165) is 43.8 Å². The molecule has 0 spiro atoms. The molecule has 0 bridgehead atoms. The summed E-state index contributed by atoms with van der Waals surface area (Å²) >= 11 is 6.07. The van der Waals surface area contributed by atoms with E-state index < -0.39 is 5.54 Å². The number of nitrogens with two attached hydrogens (primary N) is 1. The molecule has 1 heterocycles. The molecule has 1 aromatic carbocycles. The third-order valence-electron chi connectivity index (χ3n) is 4.25. The number of methoxy groups -OCH3 is 1. The molecule has 3 N–H and O–H groups in total. The van der Waals surface area contributed by atoms with Gasteiger partial charge in [0.2, 0.25) is 5.91 Å². The average molecular weight is 383 g/mol. The Kier molecular flexibility index (Phi) is 6.83. The number of nitrogens with one attached hydrogen (secondary N) is 1. The number of hydrogen-bond acceptors (Lipinski definition) is 4. The normalized spacial score (nSPS) is 21.0. The molecular formula is C15H22Cl3N3O2. The van der Waals surface area contributed by atoms with Crippen LogP contribution in [0.1, 0.15) is 19.3 Å². The summed E-state index contributed by atoms with van der Waals surface area (Å²) in [5.74, 6) is 0.774. The molecule has 8 heteroatoms. The molecule has 23 heavy (non-hydrogen) atoms. The molecule has 130 valence electrons. The first-order valence-electron chi connectivity index (χ1n) is 7.20. The summed E-state index contributed by atoms with van der Waals surface area (Å²) in [6.45, 7) is 1.61. The number of carbonyl (C=O) groups is 1. The van der Waals surface area contributed by atoms with Crippen molar-refractivity contribution in [3.8, 4) is 5.75 Å². The molecular weight excluding hydrogens is 361 g/mol. The zero-order chi connectivity index (χ0) is 15.0. The van der Waals surface area contributed by atoms with Gasteiger partial charge in [-0.3, -0.25) is 4.79 Å². The maximum absolute atomic E-state index is 12.0. The zero-order valence-corrected chi connectivity index (χ0v) is 15.3. The Bertz CT molecular complexity index is 567. The molecule has 1 unspecified atom stereocenters. The number of hydrogen-bond donors (Lipinski definition) is 2. The second kappa shape index (κ2) is 7.79. The lowest BCUT2D eigenvalue weighted by atomic mass is 10.2. The Labute approximate surface area is 153 Å². The third-order valence-corrected chi connectivity index (χ3v) is 4.48. The van der Waals surface area contributed by atoms with Crippen molar-refractivity contribution in [2.75, 3.05) is 25.1 Å². The van der Waals surface area contributed by atoms with E-state index in [9.17, 15) is 4.79 Å².